The van der Waals surface area contributed by atoms with Crippen LogP contribution in [0.3, 0.4) is 0 Å². The van der Waals surface area contributed by atoms with Crippen molar-refractivity contribution in [3.63, 3.8) is 0 Å². The Balaban J connectivity index is 1.23. The fourth-order valence-corrected chi connectivity index (χ4v) is 5.50. The molecular weight excluding hydrogens is 554 g/mol. The number of hydrogen-bond donors (Lipinski definition) is 4. The molecule has 1 spiro atoms. The molecule has 2 aliphatic heterocycles. The van der Waals surface area contributed by atoms with Crippen molar-refractivity contribution in [2.45, 2.75) is 43.2 Å². The number of carbonyl (C=O) groups excluding carboxylic acids is 3. The Kier molecular flexibility index (Phi) is 6.78. The second-order valence-electron chi connectivity index (χ2n) is 10.4. The largest absolute Gasteiger partial charge is 0.465 e. The zero-order valence-electron chi connectivity index (χ0n) is 21.7. The van der Waals surface area contributed by atoms with Gasteiger partial charge in [0.1, 0.15) is 11.8 Å². The minimum Gasteiger partial charge on any atom is -0.465 e. The van der Waals surface area contributed by atoms with Crippen LogP contribution in [0.4, 0.5) is 21.0 Å². The minimum absolute atomic E-state index is 0.0657. The smallest absolute Gasteiger partial charge is 0.412 e. The second-order valence-corrected chi connectivity index (χ2v) is 10.9. The number of carbonyl (C=O) groups is 4. The van der Waals surface area contributed by atoms with Crippen molar-refractivity contribution in [2.75, 3.05) is 23.7 Å². The van der Waals surface area contributed by atoms with Crippen molar-refractivity contribution in [1.29, 1.82) is 0 Å². The first-order chi connectivity index (χ1) is 19.7. The average Bonchev–Trinajstić information content (AvgIpc) is 3.54. The first-order valence-electron chi connectivity index (χ1n) is 13.1. The fourth-order valence-electron chi connectivity index (χ4n) is 5.33. The lowest BCUT2D eigenvalue weighted by Gasteiger charge is -2.35. The van der Waals surface area contributed by atoms with E-state index in [0.717, 1.165) is 18.5 Å². The lowest BCUT2D eigenvalue weighted by molar-refractivity contribution is -0.133. The Bertz CT molecular complexity index is 1540. The second kappa shape index (κ2) is 10.4. The van der Waals surface area contributed by atoms with Crippen LogP contribution in [0.25, 0.3) is 0 Å². The van der Waals surface area contributed by atoms with E-state index < -0.39 is 29.7 Å². The molecule has 2 aromatic carbocycles. The summed E-state index contributed by atoms with van der Waals surface area (Å²) in [7, 11) is 0. The molecular formula is C28H26ClN5O7. The van der Waals surface area contributed by atoms with Crippen LogP contribution in [-0.4, -0.2) is 58.3 Å². The standard InChI is InChI=1S/C28H26ClN5O7/c29-17-5-8-21-20(11-17)28(40-27(39)32-21)9-10-34(14-28)25(36)23(13-19-12-22(33-41-19)15-1-2-15)31-24(35)16-3-6-18(7-4-16)30-26(37)38/h3-8,11-12,15,23,30H,1-2,9-10,13-14H2,(H,31,35)(H,32,39)(H,37,38)/t23-,28?/m0/s1. The van der Waals surface area contributed by atoms with Gasteiger partial charge in [0.05, 0.1) is 17.9 Å². The van der Waals surface area contributed by atoms with Gasteiger partial charge in [0.2, 0.25) is 5.91 Å². The minimum atomic E-state index is -1.22. The van der Waals surface area contributed by atoms with Gasteiger partial charge < -0.3 is 24.6 Å². The molecule has 41 heavy (non-hydrogen) atoms. The van der Waals surface area contributed by atoms with E-state index in [2.05, 4.69) is 21.1 Å². The van der Waals surface area contributed by atoms with Gasteiger partial charge in [0, 0.05) is 53.2 Å². The van der Waals surface area contributed by atoms with E-state index >= 15 is 0 Å². The van der Waals surface area contributed by atoms with Gasteiger partial charge in [-0.1, -0.05) is 16.8 Å². The quantitative estimate of drug-likeness (QED) is 0.321. The highest BCUT2D eigenvalue weighted by Crippen LogP contribution is 2.44. The van der Waals surface area contributed by atoms with Crippen molar-refractivity contribution in [3.05, 3.63) is 76.1 Å². The predicted octanol–water partition coefficient (Wildman–Crippen LogP) is 4.33. The lowest BCUT2D eigenvalue weighted by Crippen LogP contribution is -2.50. The molecule has 4 amide bonds. The summed E-state index contributed by atoms with van der Waals surface area (Å²) in [5.74, 6) is -0.0756. The lowest BCUT2D eigenvalue weighted by atomic mass is 9.90. The highest BCUT2D eigenvalue weighted by Gasteiger charge is 2.49. The summed E-state index contributed by atoms with van der Waals surface area (Å²) in [5.41, 5.74) is 1.54. The number of nitrogens with one attached hydrogen (secondary N) is 3. The molecule has 6 rings (SSSR count). The molecule has 12 nitrogen and oxygen atoms in total. The highest BCUT2D eigenvalue weighted by atomic mass is 35.5. The summed E-state index contributed by atoms with van der Waals surface area (Å²) in [4.78, 5) is 52.0. The van der Waals surface area contributed by atoms with Crippen molar-refractivity contribution in [3.8, 4) is 0 Å². The number of nitrogens with zero attached hydrogens (tertiary/aromatic N) is 2. The molecule has 0 radical (unpaired) electrons. The monoisotopic (exact) mass is 579 g/mol. The van der Waals surface area contributed by atoms with Crippen LogP contribution in [-0.2, 0) is 21.6 Å². The van der Waals surface area contributed by atoms with Gasteiger partial charge in [-0.2, -0.15) is 0 Å². The van der Waals surface area contributed by atoms with Crippen molar-refractivity contribution >= 4 is 47.0 Å². The SMILES string of the molecule is O=C(O)Nc1ccc(C(=O)N[C@@H](Cc2cc(C3CC3)no2)C(=O)N2CCC3(C2)OC(=O)Nc2ccc(Cl)cc23)cc1. The number of aromatic nitrogens is 1. The molecule has 212 valence electrons. The number of hydrogen-bond acceptors (Lipinski definition) is 7. The Morgan fingerprint density at radius 2 is 1.95 bits per heavy atom. The van der Waals surface area contributed by atoms with Gasteiger partial charge >= 0.3 is 12.2 Å². The van der Waals surface area contributed by atoms with Gasteiger partial charge in [0.15, 0.2) is 5.60 Å². The molecule has 1 saturated heterocycles. The Morgan fingerprint density at radius 3 is 2.68 bits per heavy atom. The van der Waals surface area contributed by atoms with E-state index in [0.29, 0.717) is 40.1 Å². The summed E-state index contributed by atoms with van der Waals surface area (Å²) in [6, 6.07) is 11.7. The number of halogens is 1. The Labute approximate surface area is 239 Å². The zero-order chi connectivity index (χ0) is 28.7. The molecule has 2 atom stereocenters. The molecule has 13 heteroatoms. The predicted molar refractivity (Wildman–Crippen MR) is 146 cm³/mol. The van der Waals surface area contributed by atoms with Crippen LogP contribution < -0.4 is 16.0 Å². The highest BCUT2D eigenvalue weighted by molar-refractivity contribution is 6.30. The molecule has 3 aromatic rings. The van der Waals surface area contributed by atoms with Crippen molar-refractivity contribution in [2.24, 2.45) is 0 Å². The summed E-state index contributed by atoms with van der Waals surface area (Å²) >= 11 is 6.25. The van der Waals surface area contributed by atoms with Crippen molar-refractivity contribution < 1.29 is 33.5 Å². The molecule has 1 saturated carbocycles. The number of ether oxygens (including phenoxy) is 1. The van der Waals surface area contributed by atoms with Gasteiger partial charge in [-0.3, -0.25) is 20.2 Å². The maximum Gasteiger partial charge on any atom is 0.412 e. The number of benzene rings is 2. The molecule has 3 heterocycles. The van der Waals surface area contributed by atoms with E-state index in [9.17, 15) is 19.2 Å². The number of likely N-dealkylation sites (tertiary alicyclic amines) is 1. The average molecular weight is 580 g/mol. The topological polar surface area (TPSA) is 163 Å². The maximum absolute atomic E-state index is 13.9. The van der Waals surface area contributed by atoms with Gasteiger partial charge in [0.25, 0.3) is 5.91 Å². The molecule has 4 N–H and O–H groups in total. The van der Waals surface area contributed by atoms with Crippen LogP contribution in [0.15, 0.2) is 53.1 Å². The summed E-state index contributed by atoms with van der Waals surface area (Å²) < 4.78 is 11.3. The maximum atomic E-state index is 13.9. The van der Waals surface area contributed by atoms with E-state index in [-0.39, 0.29) is 31.0 Å². The molecule has 1 unspecified atom stereocenters. The first-order valence-corrected chi connectivity index (χ1v) is 13.5. The molecule has 1 aliphatic carbocycles. The van der Waals surface area contributed by atoms with Crippen LogP contribution in [0.2, 0.25) is 5.02 Å². The fraction of sp³-hybridized carbons (Fsp3) is 0.321. The number of fused-ring (bicyclic) bond motifs is 2. The van der Waals surface area contributed by atoms with E-state index in [4.69, 9.17) is 26.0 Å². The molecule has 1 aromatic heterocycles. The molecule has 3 aliphatic rings. The van der Waals surface area contributed by atoms with Gasteiger partial charge in [-0.05, 0) is 55.3 Å². The van der Waals surface area contributed by atoms with Crippen LogP contribution in [0, 0.1) is 0 Å². The number of anilines is 2. The molecule has 2 fully saturated rings. The summed E-state index contributed by atoms with van der Waals surface area (Å²) in [6.45, 7) is 0.363. The van der Waals surface area contributed by atoms with E-state index in [1.807, 2.05) is 6.07 Å². The van der Waals surface area contributed by atoms with Crippen molar-refractivity contribution in [1.82, 2.24) is 15.4 Å². The number of amides is 4. The van der Waals surface area contributed by atoms with E-state index in [1.165, 1.54) is 24.3 Å². The summed E-state index contributed by atoms with van der Waals surface area (Å²) in [5, 5.41) is 21.2. The van der Waals surface area contributed by atoms with E-state index in [1.54, 1.807) is 23.1 Å². The first kappa shape index (κ1) is 26.6. The normalized spacial score (nSPS) is 20.1. The third-order valence-corrected chi connectivity index (χ3v) is 7.76. The van der Waals surface area contributed by atoms with Gasteiger partial charge in [-0.15, -0.1) is 0 Å². The third-order valence-electron chi connectivity index (χ3n) is 7.52. The summed E-state index contributed by atoms with van der Waals surface area (Å²) in [6.07, 6.45) is 0.648. The van der Waals surface area contributed by atoms with Crippen LogP contribution >= 0.6 is 11.6 Å². The van der Waals surface area contributed by atoms with Crippen LogP contribution in [0.5, 0.6) is 0 Å². The number of rotatable bonds is 7. The third kappa shape index (κ3) is 5.55. The Morgan fingerprint density at radius 1 is 1.17 bits per heavy atom. The van der Waals surface area contributed by atoms with Crippen LogP contribution in [0.1, 0.15) is 52.6 Å². The Hall–Kier alpha value is -4.58. The molecule has 0 bridgehead atoms. The number of carboxylic acid groups (broad SMARTS) is 1. The van der Waals surface area contributed by atoms with Gasteiger partial charge in [-0.25, -0.2) is 9.59 Å². The zero-order valence-corrected chi connectivity index (χ0v) is 22.4.